The Morgan fingerprint density at radius 3 is 2.43 bits per heavy atom. The molecule has 3 amide bonds. The predicted molar refractivity (Wildman–Crippen MR) is 101 cm³/mol. The molecule has 1 aliphatic heterocycles. The maximum absolute atomic E-state index is 12.6. The third kappa shape index (κ3) is 4.09. The fourth-order valence-corrected chi connectivity index (χ4v) is 2.97. The maximum Gasteiger partial charge on any atom is 0.338 e. The van der Waals surface area contributed by atoms with Gasteiger partial charge in [0.1, 0.15) is 0 Å². The average molecular weight is 380 g/mol. The van der Waals surface area contributed by atoms with Gasteiger partial charge in [0.2, 0.25) is 0 Å². The average Bonchev–Trinajstić information content (AvgIpc) is 2.95. The van der Waals surface area contributed by atoms with E-state index in [0.29, 0.717) is 13.0 Å². The van der Waals surface area contributed by atoms with Gasteiger partial charge in [-0.3, -0.25) is 19.3 Å². The van der Waals surface area contributed by atoms with Crippen molar-refractivity contribution in [2.45, 2.75) is 13.3 Å². The summed E-state index contributed by atoms with van der Waals surface area (Å²) >= 11 is 0. The quantitative estimate of drug-likeness (QED) is 0.584. The van der Waals surface area contributed by atoms with Crippen molar-refractivity contribution in [3.05, 3.63) is 70.8 Å². The summed E-state index contributed by atoms with van der Waals surface area (Å²) in [7, 11) is 0. The fraction of sp³-hybridized carbons (Fsp3) is 0.238. The van der Waals surface area contributed by atoms with Crippen LogP contribution in [0, 0.1) is 0 Å². The molecule has 0 aliphatic carbocycles. The van der Waals surface area contributed by atoms with Gasteiger partial charge in [-0.25, -0.2) is 4.79 Å². The zero-order valence-electron chi connectivity index (χ0n) is 15.4. The van der Waals surface area contributed by atoms with Gasteiger partial charge in [0.25, 0.3) is 17.7 Å². The standard InChI is InChI=1S/C21H20N2O5/c1-2-22-18(24)13-28-21(27)15-8-9-16-17(12-15)20(26)23(19(16)25)11-10-14-6-4-3-5-7-14/h3-9,12H,2,10-11,13H2,1H3,(H,22,24). The summed E-state index contributed by atoms with van der Waals surface area (Å²) < 4.78 is 4.94. The van der Waals surface area contributed by atoms with Crippen LogP contribution in [0.1, 0.15) is 43.6 Å². The van der Waals surface area contributed by atoms with Gasteiger partial charge < -0.3 is 10.1 Å². The van der Waals surface area contributed by atoms with Gasteiger partial charge in [-0.05, 0) is 37.1 Å². The summed E-state index contributed by atoms with van der Waals surface area (Å²) in [6.45, 7) is 2.05. The normalized spacial score (nSPS) is 12.7. The van der Waals surface area contributed by atoms with Crippen LogP contribution in [0.25, 0.3) is 0 Å². The van der Waals surface area contributed by atoms with Crippen molar-refractivity contribution in [3.8, 4) is 0 Å². The smallest absolute Gasteiger partial charge is 0.338 e. The second kappa shape index (κ2) is 8.47. The number of fused-ring (bicyclic) bond motifs is 1. The molecule has 0 bridgehead atoms. The number of benzene rings is 2. The van der Waals surface area contributed by atoms with Crippen LogP contribution in [0.3, 0.4) is 0 Å². The van der Waals surface area contributed by atoms with Gasteiger partial charge in [0.05, 0.1) is 16.7 Å². The summed E-state index contributed by atoms with van der Waals surface area (Å²) in [5.74, 6) is -1.94. The number of carbonyl (C=O) groups is 4. The van der Waals surface area contributed by atoms with Gasteiger partial charge in [0.15, 0.2) is 6.61 Å². The van der Waals surface area contributed by atoms with Crippen LogP contribution in [0.15, 0.2) is 48.5 Å². The molecule has 28 heavy (non-hydrogen) atoms. The van der Waals surface area contributed by atoms with Gasteiger partial charge in [0, 0.05) is 13.1 Å². The zero-order chi connectivity index (χ0) is 20.1. The molecule has 0 saturated carbocycles. The number of rotatable bonds is 7. The van der Waals surface area contributed by atoms with Crippen LogP contribution in [0.2, 0.25) is 0 Å². The Hall–Kier alpha value is -3.48. The number of amides is 3. The monoisotopic (exact) mass is 380 g/mol. The highest BCUT2D eigenvalue weighted by Gasteiger charge is 2.35. The summed E-state index contributed by atoms with van der Waals surface area (Å²) in [6.07, 6.45) is 0.549. The molecule has 1 aliphatic rings. The topological polar surface area (TPSA) is 92.8 Å². The minimum atomic E-state index is -0.725. The maximum atomic E-state index is 12.6. The minimum Gasteiger partial charge on any atom is -0.452 e. The molecule has 0 atom stereocenters. The predicted octanol–water partition coefficient (Wildman–Crippen LogP) is 1.82. The third-order valence-electron chi connectivity index (χ3n) is 4.38. The Morgan fingerprint density at radius 1 is 1.00 bits per heavy atom. The molecule has 1 N–H and O–H groups in total. The van der Waals surface area contributed by atoms with E-state index >= 15 is 0 Å². The highest BCUT2D eigenvalue weighted by molar-refractivity contribution is 6.22. The van der Waals surface area contributed by atoms with Crippen molar-refractivity contribution in [1.29, 1.82) is 0 Å². The van der Waals surface area contributed by atoms with Crippen LogP contribution < -0.4 is 5.32 Å². The van der Waals surface area contributed by atoms with Crippen LogP contribution in [-0.2, 0) is 16.0 Å². The molecule has 0 spiro atoms. The number of imide groups is 1. The number of nitrogens with one attached hydrogen (secondary N) is 1. The number of ether oxygens (including phenoxy) is 1. The number of likely N-dealkylation sites (N-methyl/N-ethyl adjacent to an activating group) is 1. The highest BCUT2D eigenvalue weighted by Crippen LogP contribution is 2.24. The van der Waals surface area contributed by atoms with Crippen molar-refractivity contribution in [3.63, 3.8) is 0 Å². The number of esters is 1. The lowest BCUT2D eigenvalue weighted by atomic mass is 10.1. The molecule has 3 rings (SSSR count). The Labute approximate surface area is 162 Å². The SMILES string of the molecule is CCNC(=O)COC(=O)c1ccc2c(c1)C(=O)N(CCc1ccccc1)C2=O. The van der Waals surface area contributed by atoms with E-state index in [4.69, 9.17) is 4.74 Å². The van der Waals surface area contributed by atoms with Crippen molar-refractivity contribution in [2.24, 2.45) is 0 Å². The van der Waals surface area contributed by atoms with E-state index in [1.807, 2.05) is 30.3 Å². The molecule has 0 saturated heterocycles. The van der Waals surface area contributed by atoms with Crippen LogP contribution in [-0.4, -0.2) is 48.3 Å². The molecule has 0 unspecified atom stereocenters. The number of hydrogen-bond acceptors (Lipinski definition) is 5. The molecule has 2 aromatic rings. The van der Waals surface area contributed by atoms with Gasteiger partial charge in [-0.2, -0.15) is 0 Å². The Kier molecular flexibility index (Phi) is 5.84. The number of nitrogens with zero attached hydrogens (tertiary/aromatic N) is 1. The molecular weight excluding hydrogens is 360 g/mol. The van der Waals surface area contributed by atoms with E-state index in [9.17, 15) is 19.2 Å². The molecule has 0 fully saturated rings. The first kappa shape index (κ1) is 19.3. The number of carbonyl (C=O) groups excluding carboxylic acids is 4. The van der Waals surface area contributed by atoms with Gasteiger partial charge >= 0.3 is 5.97 Å². The second-order valence-corrected chi connectivity index (χ2v) is 6.29. The number of hydrogen-bond donors (Lipinski definition) is 1. The Morgan fingerprint density at radius 2 is 1.71 bits per heavy atom. The Bertz CT molecular complexity index is 924. The van der Waals surface area contributed by atoms with Crippen LogP contribution in [0.4, 0.5) is 0 Å². The summed E-state index contributed by atoms with van der Waals surface area (Å²) in [4.78, 5) is 49.9. The molecule has 0 aromatic heterocycles. The lowest BCUT2D eigenvalue weighted by Gasteiger charge is -2.13. The second-order valence-electron chi connectivity index (χ2n) is 6.29. The first-order chi connectivity index (χ1) is 13.5. The van der Waals surface area contributed by atoms with E-state index in [1.54, 1.807) is 6.92 Å². The Balaban J connectivity index is 1.69. The summed E-state index contributed by atoms with van der Waals surface area (Å²) in [5, 5.41) is 2.52. The van der Waals surface area contributed by atoms with E-state index < -0.39 is 24.4 Å². The lowest BCUT2D eigenvalue weighted by molar-refractivity contribution is -0.124. The van der Waals surface area contributed by atoms with Crippen LogP contribution >= 0.6 is 0 Å². The third-order valence-corrected chi connectivity index (χ3v) is 4.38. The van der Waals surface area contributed by atoms with E-state index in [1.165, 1.54) is 23.1 Å². The molecule has 2 aromatic carbocycles. The summed E-state index contributed by atoms with van der Waals surface area (Å²) in [6, 6.07) is 13.8. The van der Waals surface area contributed by atoms with Crippen molar-refractivity contribution < 1.29 is 23.9 Å². The molecule has 0 radical (unpaired) electrons. The molecule has 7 heteroatoms. The molecule has 1 heterocycles. The first-order valence-electron chi connectivity index (χ1n) is 8.99. The first-order valence-corrected chi connectivity index (χ1v) is 8.99. The van der Waals surface area contributed by atoms with Crippen molar-refractivity contribution in [2.75, 3.05) is 19.7 Å². The molecular formula is C21H20N2O5. The van der Waals surface area contributed by atoms with E-state index in [2.05, 4.69) is 5.32 Å². The minimum absolute atomic E-state index is 0.120. The van der Waals surface area contributed by atoms with Crippen LogP contribution in [0.5, 0.6) is 0 Å². The van der Waals surface area contributed by atoms with E-state index in [0.717, 1.165) is 5.56 Å². The van der Waals surface area contributed by atoms with Gasteiger partial charge in [-0.15, -0.1) is 0 Å². The van der Waals surface area contributed by atoms with E-state index in [-0.39, 0.29) is 29.1 Å². The lowest BCUT2D eigenvalue weighted by Crippen LogP contribution is -2.31. The van der Waals surface area contributed by atoms with Gasteiger partial charge in [-0.1, -0.05) is 30.3 Å². The molecule has 7 nitrogen and oxygen atoms in total. The highest BCUT2D eigenvalue weighted by atomic mass is 16.5. The fourth-order valence-electron chi connectivity index (χ4n) is 2.97. The summed E-state index contributed by atoms with van der Waals surface area (Å²) in [5.41, 5.74) is 1.58. The molecule has 144 valence electrons. The zero-order valence-corrected chi connectivity index (χ0v) is 15.4. The van der Waals surface area contributed by atoms with Crippen molar-refractivity contribution in [1.82, 2.24) is 10.2 Å². The van der Waals surface area contributed by atoms with Crippen molar-refractivity contribution >= 4 is 23.7 Å². The largest absolute Gasteiger partial charge is 0.452 e.